The molecule has 5 rings (SSSR count). The average molecular weight is 378 g/mol. The molecule has 1 unspecified atom stereocenters. The predicted molar refractivity (Wildman–Crippen MR) is 113 cm³/mol. The van der Waals surface area contributed by atoms with Crippen LogP contribution in [-0.4, -0.2) is 27.5 Å². The molecule has 0 amide bonds. The van der Waals surface area contributed by atoms with Crippen molar-refractivity contribution in [1.82, 2.24) is 14.5 Å². The van der Waals surface area contributed by atoms with Crippen LogP contribution >= 0.6 is 11.6 Å². The Hall–Kier alpha value is -2.10. The zero-order valence-corrected chi connectivity index (χ0v) is 16.8. The topological polar surface area (TPSA) is 21.1 Å². The molecule has 0 bridgehead atoms. The van der Waals surface area contributed by atoms with Crippen LogP contribution in [0.5, 0.6) is 0 Å². The maximum atomic E-state index is 6.34. The van der Waals surface area contributed by atoms with Gasteiger partial charge in [-0.2, -0.15) is 0 Å². The van der Waals surface area contributed by atoms with E-state index < -0.39 is 0 Å². The number of hydrogen-bond acceptors (Lipinski definition) is 2. The number of benzene rings is 1. The Kier molecular flexibility index (Phi) is 3.92. The molecule has 0 N–H and O–H groups in total. The Morgan fingerprint density at radius 3 is 2.89 bits per heavy atom. The van der Waals surface area contributed by atoms with Gasteiger partial charge >= 0.3 is 0 Å². The molecular formula is C23H24ClN3. The fraction of sp³-hybridized carbons (Fsp3) is 0.348. The zero-order chi connectivity index (χ0) is 18.7. The second kappa shape index (κ2) is 6.22. The first-order chi connectivity index (χ1) is 13.0. The third-order valence-corrected chi connectivity index (χ3v) is 6.44. The largest absolute Gasteiger partial charge is 0.320 e. The summed E-state index contributed by atoms with van der Waals surface area (Å²) in [6, 6.07) is 11.2. The van der Waals surface area contributed by atoms with Crippen LogP contribution in [0.3, 0.4) is 0 Å². The van der Waals surface area contributed by atoms with Gasteiger partial charge in [-0.05, 0) is 69.1 Å². The third-order valence-electron chi connectivity index (χ3n) is 6.21. The van der Waals surface area contributed by atoms with E-state index in [-0.39, 0.29) is 0 Å². The van der Waals surface area contributed by atoms with Crippen molar-refractivity contribution in [3.8, 4) is 0 Å². The van der Waals surface area contributed by atoms with Gasteiger partial charge in [-0.3, -0.25) is 9.88 Å². The van der Waals surface area contributed by atoms with E-state index in [9.17, 15) is 0 Å². The summed E-state index contributed by atoms with van der Waals surface area (Å²) in [5.74, 6) is 0. The lowest BCUT2D eigenvalue weighted by atomic mass is 10.00. The maximum absolute atomic E-state index is 6.34. The van der Waals surface area contributed by atoms with Gasteiger partial charge in [-0.1, -0.05) is 17.7 Å². The molecule has 1 atom stereocenters. The molecule has 3 nitrogen and oxygen atoms in total. The van der Waals surface area contributed by atoms with E-state index in [0.717, 1.165) is 36.5 Å². The van der Waals surface area contributed by atoms with E-state index >= 15 is 0 Å². The second-order valence-corrected chi connectivity index (χ2v) is 8.46. The molecule has 3 heterocycles. The summed E-state index contributed by atoms with van der Waals surface area (Å²) in [6.45, 7) is 5.35. The SMILES string of the molecule is Cc1ccc2c(n1)CCC2=Cn1c2c(c3cc(Cl)ccc31)CN(C)C(C)C2. The predicted octanol–water partition coefficient (Wildman–Crippen LogP) is 5.32. The number of allylic oxidation sites excluding steroid dienone is 1. The van der Waals surface area contributed by atoms with Gasteiger partial charge in [0, 0.05) is 58.3 Å². The van der Waals surface area contributed by atoms with E-state index in [1.165, 1.54) is 39.0 Å². The lowest BCUT2D eigenvalue weighted by Gasteiger charge is -2.30. The molecular weight excluding hydrogens is 354 g/mol. The highest BCUT2D eigenvalue weighted by molar-refractivity contribution is 6.31. The number of nitrogens with zero attached hydrogens (tertiary/aromatic N) is 3. The average Bonchev–Trinajstić information content (AvgIpc) is 3.15. The van der Waals surface area contributed by atoms with E-state index in [1.54, 1.807) is 0 Å². The second-order valence-electron chi connectivity index (χ2n) is 8.03. The molecule has 0 fully saturated rings. The van der Waals surface area contributed by atoms with Crippen molar-refractivity contribution >= 4 is 34.3 Å². The molecule has 4 heteroatoms. The lowest BCUT2D eigenvalue weighted by molar-refractivity contribution is 0.230. The smallest absolute Gasteiger partial charge is 0.0529 e. The molecule has 0 spiro atoms. The minimum atomic E-state index is 0.537. The molecule has 3 aromatic rings. The van der Waals surface area contributed by atoms with Crippen LogP contribution in [-0.2, 0) is 19.4 Å². The number of halogens is 1. The van der Waals surface area contributed by atoms with Gasteiger partial charge in [-0.15, -0.1) is 0 Å². The van der Waals surface area contributed by atoms with Gasteiger partial charge in [0.1, 0.15) is 0 Å². The van der Waals surface area contributed by atoms with Crippen LogP contribution in [0.1, 0.15) is 41.6 Å². The Balaban J connectivity index is 1.72. The third kappa shape index (κ3) is 2.72. The number of pyridine rings is 1. The highest BCUT2D eigenvalue weighted by Gasteiger charge is 2.27. The normalized spacial score (nSPS) is 21.0. The summed E-state index contributed by atoms with van der Waals surface area (Å²) in [6.07, 6.45) is 5.51. The number of fused-ring (bicyclic) bond motifs is 4. The first-order valence-corrected chi connectivity index (χ1v) is 10.1. The van der Waals surface area contributed by atoms with Crippen LogP contribution in [0.2, 0.25) is 5.02 Å². The zero-order valence-electron chi connectivity index (χ0n) is 16.1. The van der Waals surface area contributed by atoms with Crippen molar-refractivity contribution in [2.24, 2.45) is 0 Å². The number of aryl methyl sites for hydroxylation is 2. The van der Waals surface area contributed by atoms with E-state index in [1.807, 2.05) is 6.07 Å². The number of likely N-dealkylation sites (N-methyl/N-ethyl adjacent to an activating group) is 1. The Bertz CT molecular complexity index is 1090. The first kappa shape index (κ1) is 17.0. The van der Waals surface area contributed by atoms with Crippen LogP contribution < -0.4 is 0 Å². The molecule has 2 aliphatic rings. The van der Waals surface area contributed by atoms with E-state index in [0.29, 0.717) is 6.04 Å². The summed E-state index contributed by atoms with van der Waals surface area (Å²) in [7, 11) is 2.21. The summed E-state index contributed by atoms with van der Waals surface area (Å²) < 4.78 is 2.43. The standard InChI is InChI=1S/C23H24ClN3/c1-14-4-7-18-16(5-8-21(18)25-14)12-27-22-9-6-17(24)11-19(22)20-13-26(3)15(2)10-23(20)27/h4,6-7,9,11-12,15H,5,8,10,13H2,1-3H3. The van der Waals surface area contributed by atoms with Gasteiger partial charge in [0.15, 0.2) is 0 Å². The van der Waals surface area contributed by atoms with Gasteiger partial charge in [0.2, 0.25) is 0 Å². The Morgan fingerprint density at radius 1 is 1.19 bits per heavy atom. The highest BCUT2D eigenvalue weighted by atomic mass is 35.5. The van der Waals surface area contributed by atoms with Crippen LogP contribution in [0.25, 0.3) is 22.7 Å². The lowest BCUT2D eigenvalue weighted by Crippen LogP contribution is -2.35. The van der Waals surface area contributed by atoms with Crippen molar-refractivity contribution in [3.05, 3.63) is 63.6 Å². The van der Waals surface area contributed by atoms with Crippen LogP contribution in [0.15, 0.2) is 30.3 Å². The number of aromatic nitrogens is 2. The van der Waals surface area contributed by atoms with Crippen molar-refractivity contribution in [3.63, 3.8) is 0 Å². The highest BCUT2D eigenvalue weighted by Crippen LogP contribution is 2.37. The molecule has 0 saturated heterocycles. The van der Waals surface area contributed by atoms with Crippen LogP contribution in [0, 0.1) is 6.92 Å². The first-order valence-electron chi connectivity index (χ1n) is 9.70. The van der Waals surface area contributed by atoms with Crippen molar-refractivity contribution in [1.29, 1.82) is 0 Å². The molecule has 1 aliphatic heterocycles. The minimum absolute atomic E-state index is 0.537. The Morgan fingerprint density at radius 2 is 2.04 bits per heavy atom. The summed E-state index contributed by atoms with van der Waals surface area (Å²) in [5.41, 5.74) is 9.15. The van der Waals surface area contributed by atoms with Crippen molar-refractivity contribution < 1.29 is 0 Å². The monoisotopic (exact) mass is 377 g/mol. The molecule has 2 aromatic heterocycles. The van der Waals surface area contributed by atoms with E-state index in [2.05, 4.69) is 60.8 Å². The summed E-state index contributed by atoms with van der Waals surface area (Å²) in [4.78, 5) is 7.17. The van der Waals surface area contributed by atoms with E-state index in [4.69, 9.17) is 16.6 Å². The van der Waals surface area contributed by atoms with Crippen molar-refractivity contribution in [2.45, 2.75) is 45.7 Å². The molecule has 0 radical (unpaired) electrons. The molecule has 1 aliphatic carbocycles. The molecule has 0 saturated carbocycles. The molecule has 1 aromatic carbocycles. The molecule has 138 valence electrons. The van der Waals surface area contributed by atoms with Gasteiger partial charge in [0.05, 0.1) is 5.52 Å². The summed E-state index contributed by atoms with van der Waals surface area (Å²) in [5, 5.41) is 2.09. The Labute approximate surface area is 165 Å². The minimum Gasteiger partial charge on any atom is -0.320 e. The fourth-order valence-corrected chi connectivity index (χ4v) is 4.74. The van der Waals surface area contributed by atoms with Gasteiger partial charge in [-0.25, -0.2) is 0 Å². The maximum Gasteiger partial charge on any atom is 0.0529 e. The molecule has 27 heavy (non-hydrogen) atoms. The van der Waals surface area contributed by atoms with Crippen molar-refractivity contribution in [2.75, 3.05) is 7.05 Å². The quantitative estimate of drug-likeness (QED) is 0.572. The number of hydrogen-bond donors (Lipinski definition) is 0. The van der Waals surface area contributed by atoms with Gasteiger partial charge in [0.25, 0.3) is 0 Å². The van der Waals surface area contributed by atoms with Crippen LogP contribution in [0.4, 0.5) is 0 Å². The van der Waals surface area contributed by atoms with Gasteiger partial charge < -0.3 is 4.57 Å². The fourth-order valence-electron chi connectivity index (χ4n) is 4.56. The summed E-state index contributed by atoms with van der Waals surface area (Å²) >= 11 is 6.34. The number of rotatable bonds is 1.